The van der Waals surface area contributed by atoms with Crippen LogP contribution in [-0.2, 0) is 65.4 Å². The van der Waals surface area contributed by atoms with Crippen molar-refractivity contribution in [1.82, 2.24) is 10.6 Å². The van der Waals surface area contributed by atoms with Gasteiger partial charge in [0.2, 0.25) is 5.69 Å². The maximum absolute atomic E-state index is 13.4. The van der Waals surface area contributed by atoms with Crippen molar-refractivity contribution >= 4 is 95.6 Å². The fraction of sp³-hybridized carbons (Fsp3) is 0.436. The number of rotatable bonds is 28. The molecule has 0 atom stereocenters. The van der Waals surface area contributed by atoms with Gasteiger partial charge in [-0.15, -0.1) is 0 Å². The Kier molecular flexibility index (Phi) is 22.8. The van der Waals surface area contributed by atoms with Crippen LogP contribution >= 0.6 is 0 Å². The molecule has 0 radical (unpaired) electrons. The highest BCUT2D eigenvalue weighted by Gasteiger charge is 2.27. The van der Waals surface area contributed by atoms with Gasteiger partial charge in [-0.05, 0) is 63.5 Å². The Morgan fingerprint density at radius 3 is 1.68 bits per heavy atom. The lowest BCUT2D eigenvalue weighted by atomic mass is 10.00. The third-order valence-electron chi connectivity index (χ3n) is 9.73. The van der Waals surface area contributed by atoms with E-state index < -0.39 is 137 Å². The van der Waals surface area contributed by atoms with Gasteiger partial charge >= 0.3 is 5.97 Å². The van der Waals surface area contributed by atoms with Crippen molar-refractivity contribution in [2.75, 3.05) is 66.5 Å². The second kappa shape index (κ2) is 26.1. The van der Waals surface area contributed by atoms with Gasteiger partial charge in [0, 0.05) is 73.2 Å². The number of benzene rings is 2. The van der Waals surface area contributed by atoms with Gasteiger partial charge in [-0.1, -0.05) is 18.2 Å². The predicted molar refractivity (Wildman–Crippen MR) is 258 cm³/mol. The average Bonchev–Trinajstić information content (AvgIpc) is 3.20. The molecule has 32 heteroatoms. The molecule has 0 aromatic heterocycles. The van der Waals surface area contributed by atoms with Crippen LogP contribution < -0.4 is 15.5 Å². The smallest absolute Gasteiger partial charge is 0.338 e. The zero-order valence-corrected chi connectivity index (χ0v) is 43.3. The number of carbonyl (C=O) groups excluding carboxylic acids is 3. The number of nitrogens with zero attached hydrogens (tertiary/aromatic N) is 2. The van der Waals surface area contributed by atoms with Crippen molar-refractivity contribution in [3.8, 4) is 0 Å². The first-order valence-corrected chi connectivity index (χ1v) is 30.0. The van der Waals surface area contributed by atoms with E-state index in [1.165, 1.54) is 73.6 Å². The number of anilines is 1. The van der Waals surface area contributed by atoms with Gasteiger partial charge in [-0.3, -0.25) is 36.9 Å². The number of nitrogens with one attached hydrogen (secondary N) is 2. The standard InChI is InChI=1S/C39H54N4O22S6/c1-27(42(15-8-18-66(47,48)49)35-24-31(37(44)40-13-21-69(56,57)58)23-33(29(35)3)38(45)41-14-22-70(59,60)61)11-6-5-7-12-28(2)43(16-9-19-67(50,51)52)36-26-32(71(62,63)64)25-34(30(36)4)39(46)65-17-10-20-68(53,54)55/h5-7,11-12,23-26H,8-10,13-22H2,1-4H3,(H7-,40,41,44,45,47,48,49,50,51,52,53,54,55,56,57,58,59,60,61,62,63,64)/p+1. The molecule has 26 nitrogen and oxygen atoms in total. The molecular weight excluding hydrogens is 1070 g/mol. The molecule has 8 N–H and O–H groups in total. The Labute approximate surface area is 412 Å². The normalized spacial score (nSPS) is 13.6. The summed E-state index contributed by atoms with van der Waals surface area (Å²) >= 11 is 0. The highest BCUT2D eigenvalue weighted by molar-refractivity contribution is 7.87. The summed E-state index contributed by atoms with van der Waals surface area (Å²) < 4.78 is 201. The molecule has 0 fully saturated rings. The number of carbonyl (C=O) groups is 3. The third-order valence-corrected chi connectivity index (χ3v) is 14.4. The van der Waals surface area contributed by atoms with E-state index in [2.05, 4.69) is 10.6 Å². The second-order valence-corrected chi connectivity index (χ2v) is 24.7. The fourth-order valence-corrected chi connectivity index (χ4v) is 9.06. The van der Waals surface area contributed by atoms with Crippen molar-refractivity contribution in [3.05, 3.63) is 88.2 Å². The molecule has 0 aliphatic heterocycles. The molecule has 71 heavy (non-hydrogen) atoms. The minimum atomic E-state index is -5.02. The Morgan fingerprint density at radius 2 is 1.14 bits per heavy atom. The molecule has 0 aliphatic rings. The second-order valence-electron chi connectivity index (χ2n) is 15.4. The van der Waals surface area contributed by atoms with E-state index in [4.69, 9.17) is 18.4 Å². The molecule has 398 valence electrons. The van der Waals surface area contributed by atoms with Crippen LogP contribution in [0, 0.1) is 13.8 Å². The summed E-state index contributed by atoms with van der Waals surface area (Å²) in [6, 6.07) is 4.15. The van der Waals surface area contributed by atoms with Crippen molar-refractivity contribution in [2.45, 2.75) is 51.9 Å². The quantitative estimate of drug-likeness (QED) is 0.0149. The van der Waals surface area contributed by atoms with Crippen LogP contribution in [0.5, 0.6) is 0 Å². The number of hydrogen-bond acceptors (Lipinski definition) is 17. The lowest BCUT2D eigenvalue weighted by Crippen LogP contribution is -2.31. The van der Waals surface area contributed by atoms with Crippen molar-refractivity contribution < 1.29 is 102 Å². The van der Waals surface area contributed by atoms with Crippen molar-refractivity contribution in [2.24, 2.45) is 0 Å². The number of amides is 2. The van der Waals surface area contributed by atoms with Gasteiger partial charge in [0.15, 0.2) is 5.71 Å². The van der Waals surface area contributed by atoms with E-state index in [9.17, 15) is 78.5 Å². The van der Waals surface area contributed by atoms with E-state index in [0.717, 1.165) is 18.2 Å². The average molecular weight is 1120 g/mol. The van der Waals surface area contributed by atoms with Gasteiger partial charge in [-0.2, -0.15) is 55.1 Å². The molecule has 2 aromatic rings. The first kappa shape index (κ1) is 62.1. The van der Waals surface area contributed by atoms with Gasteiger partial charge in [0.25, 0.3) is 72.5 Å². The lowest BCUT2D eigenvalue weighted by Gasteiger charge is -2.28. The van der Waals surface area contributed by atoms with Gasteiger partial charge in [-0.25, -0.2) is 4.79 Å². The molecule has 0 heterocycles. The lowest BCUT2D eigenvalue weighted by molar-refractivity contribution is -0.440. The summed E-state index contributed by atoms with van der Waals surface area (Å²) in [5.41, 5.74) is -0.0782. The first-order chi connectivity index (χ1) is 32.4. The molecule has 2 amide bonds. The van der Waals surface area contributed by atoms with Gasteiger partial charge in [0.1, 0.15) is 6.54 Å². The van der Waals surface area contributed by atoms with E-state index in [-0.39, 0.29) is 71.7 Å². The fourth-order valence-electron chi connectivity index (χ4n) is 6.35. The summed E-state index contributed by atoms with van der Waals surface area (Å²) in [5, 5.41) is 4.58. The molecule has 0 bridgehead atoms. The topological polar surface area (TPSA) is 417 Å². The Morgan fingerprint density at radius 1 is 0.620 bits per heavy atom. The zero-order chi connectivity index (χ0) is 54.3. The minimum absolute atomic E-state index is 0.0497. The first-order valence-electron chi connectivity index (χ1n) is 20.6. The van der Waals surface area contributed by atoms with Crippen LogP contribution in [0.15, 0.2) is 65.2 Å². The largest absolute Gasteiger partial charge is 0.462 e. The van der Waals surface area contributed by atoms with Gasteiger partial charge in [0.05, 0.1) is 45.8 Å². The molecule has 0 unspecified atom stereocenters. The van der Waals surface area contributed by atoms with E-state index in [0.29, 0.717) is 5.71 Å². The highest BCUT2D eigenvalue weighted by atomic mass is 32.2. The summed E-state index contributed by atoms with van der Waals surface area (Å²) in [6.07, 6.45) is 6.46. The number of esters is 1. The predicted octanol–water partition coefficient (Wildman–Crippen LogP) is 1.40. The molecule has 0 aliphatic carbocycles. The Balaban J connectivity index is 2.79. The van der Waals surface area contributed by atoms with E-state index in [1.54, 1.807) is 0 Å². The van der Waals surface area contributed by atoms with Crippen LogP contribution in [0.4, 0.5) is 11.4 Å². The van der Waals surface area contributed by atoms with Crippen molar-refractivity contribution in [1.29, 1.82) is 0 Å². The number of hydrogen-bond donors (Lipinski definition) is 8. The van der Waals surface area contributed by atoms with E-state index in [1.807, 2.05) is 0 Å². The van der Waals surface area contributed by atoms with Gasteiger partial charge < -0.3 is 20.3 Å². The maximum atomic E-state index is 13.4. The number of allylic oxidation sites excluding steroid dienone is 6. The highest BCUT2D eigenvalue weighted by Crippen LogP contribution is 2.31. The summed E-state index contributed by atoms with van der Waals surface area (Å²) in [6.45, 7) is 3.73. The maximum Gasteiger partial charge on any atom is 0.338 e. The van der Waals surface area contributed by atoms with Crippen LogP contribution in [0.25, 0.3) is 0 Å². The van der Waals surface area contributed by atoms with Crippen LogP contribution in [0.3, 0.4) is 0 Å². The third kappa shape index (κ3) is 23.4. The zero-order valence-electron chi connectivity index (χ0n) is 38.4. The molecular formula is C39H55N4O22S6+. The Bertz CT molecular complexity index is 3150. The van der Waals surface area contributed by atoms with Crippen LogP contribution in [0.2, 0.25) is 0 Å². The van der Waals surface area contributed by atoms with E-state index >= 15 is 0 Å². The Hall–Kier alpha value is -5.00. The molecule has 0 saturated carbocycles. The molecule has 0 saturated heterocycles. The summed E-state index contributed by atoms with van der Waals surface area (Å²) in [4.78, 5) is 40.4. The van der Waals surface area contributed by atoms with Crippen LogP contribution in [0.1, 0.15) is 75.3 Å². The number of ether oxygens (including phenoxy) is 1. The summed E-state index contributed by atoms with van der Waals surface area (Å²) in [5.74, 6) is -7.02. The molecule has 0 spiro atoms. The van der Waals surface area contributed by atoms with Crippen LogP contribution in [-0.4, -0.2) is 167 Å². The minimum Gasteiger partial charge on any atom is -0.462 e. The van der Waals surface area contributed by atoms with Crippen molar-refractivity contribution in [3.63, 3.8) is 0 Å². The summed E-state index contributed by atoms with van der Waals surface area (Å²) in [7, 11) is -27.5. The molecule has 2 rings (SSSR count). The molecule has 2 aromatic carbocycles. The monoisotopic (exact) mass is 1120 g/mol. The SMILES string of the molecule is C\C(=C/C=C/C=C/C(C)=[N+](\CCCS(=O)(=O)O)c1cc(C(=O)NCCS(=O)(=O)O)cc(C(=O)NCCS(=O)(=O)O)c1C)N(CCCS(=O)(=O)O)c1cc(S(=O)(=O)O)cc(C(=O)OCCCS(=O)(=O)O)c1C.